The third-order valence-electron chi connectivity index (χ3n) is 4.57. The average Bonchev–Trinajstić information content (AvgIpc) is 2.94. The lowest BCUT2D eigenvalue weighted by atomic mass is 10.2. The molecule has 1 amide bonds. The molecule has 3 rings (SSSR count). The molecule has 0 bridgehead atoms. The molecule has 0 spiro atoms. The molecule has 0 aliphatic carbocycles. The van der Waals surface area contributed by atoms with Crippen LogP contribution in [0.3, 0.4) is 0 Å². The van der Waals surface area contributed by atoms with Crippen molar-refractivity contribution in [2.45, 2.75) is 31.6 Å². The molecular weight excluding hydrogens is 392 g/mol. The number of rotatable bonds is 7. The first-order valence-electron chi connectivity index (χ1n) is 9.67. The Kier molecular flexibility index (Phi) is 6.76. The van der Waals surface area contributed by atoms with Gasteiger partial charge in [0.05, 0.1) is 24.7 Å². The first kappa shape index (κ1) is 21.1. The molecule has 1 heterocycles. The number of nitrogens with one attached hydrogen (secondary N) is 1. The van der Waals surface area contributed by atoms with E-state index in [4.69, 9.17) is 9.47 Å². The molecule has 0 atom stereocenters. The van der Waals surface area contributed by atoms with Crippen LogP contribution in [0.15, 0.2) is 47.4 Å². The lowest BCUT2D eigenvalue weighted by Crippen LogP contribution is -2.38. The first-order valence-corrected chi connectivity index (χ1v) is 11.1. The highest BCUT2D eigenvalue weighted by atomic mass is 32.2. The van der Waals surface area contributed by atoms with Gasteiger partial charge < -0.3 is 14.8 Å². The molecule has 29 heavy (non-hydrogen) atoms. The van der Waals surface area contributed by atoms with Crippen LogP contribution in [0.2, 0.25) is 0 Å². The number of fused-ring (bicyclic) bond motifs is 1. The molecule has 156 valence electrons. The third kappa shape index (κ3) is 5.07. The van der Waals surface area contributed by atoms with E-state index in [1.165, 1.54) is 16.4 Å². The summed E-state index contributed by atoms with van der Waals surface area (Å²) in [6.45, 7) is 4.72. The van der Waals surface area contributed by atoms with E-state index in [1.54, 1.807) is 12.1 Å². The van der Waals surface area contributed by atoms with Crippen LogP contribution in [0.1, 0.15) is 25.3 Å². The van der Waals surface area contributed by atoms with Gasteiger partial charge in [0.1, 0.15) is 0 Å². The summed E-state index contributed by atoms with van der Waals surface area (Å²) in [5, 5.41) is 2.79. The van der Waals surface area contributed by atoms with Crippen LogP contribution < -0.4 is 14.8 Å². The predicted octanol–water partition coefficient (Wildman–Crippen LogP) is 3.20. The van der Waals surface area contributed by atoms with Gasteiger partial charge in [-0.1, -0.05) is 25.1 Å². The van der Waals surface area contributed by atoms with Gasteiger partial charge in [-0.25, -0.2) is 8.42 Å². The zero-order chi connectivity index (χ0) is 20.9. The van der Waals surface area contributed by atoms with Crippen molar-refractivity contribution < 1.29 is 22.7 Å². The van der Waals surface area contributed by atoms with E-state index in [0.29, 0.717) is 36.8 Å². The predicted molar refractivity (Wildman–Crippen MR) is 111 cm³/mol. The van der Waals surface area contributed by atoms with Gasteiger partial charge in [-0.2, -0.15) is 4.31 Å². The molecule has 0 aromatic heterocycles. The van der Waals surface area contributed by atoms with Crippen molar-refractivity contribution in [2.24, 2.45) is 0 Å². The summed E-state index contributed by atoms with van der Waals surface area (Å²) in [5.41, 5.74) is 1.58. The minimum atomic E-state index is -3.87. The highest BCUT2D eigenvalue weighted by molar-refractivity contribution is 7.89. The highest BCUT2D eigenvalue weighted by Crippen LogP contribution is 2.33. The SMILES string of the molecule is CCCN(CC(=O)Nc1ccccc1C)S(=O)(=O)c1ccc2c(c1)OCCCO2. The molecule has 1 aliphatic rings. The quantitative estimate of drug-likeness (QED) is 0.746. The summed E-state index contributed by atoms with van der Waals surface area (Å²) in [7, 11) is -3.87. The van der Waals surface area contributed by atoms with Gasteiger partial charge in [0.15, 0.2) is 11.5 Å². The maximum Gasteiger partial charge on any atom is 0.243 e. The van der Waals surface area contributed by atoms with Crippen LogP contribution in [0.25, 0.3) is 0 Å². The van der Waals surface area contributed by atoms with Crippen molar-refractivity contribution in [2.75, 3.05) is 31.6 Å². The van der Waals surface area contributed by atoms with Crippen LogP contribution in [0.5, 0.6) is 11.5 Å². The number of aryl methyl sites for hydroxylation is 1. The van der Waals surface area contributed by atoms with Gasteiger partial charge in [0.25, 0.3) is 0 Å². The Morgan fingerprint density at radius 2 is 1.83 bits per heavy atom. The fourth-order valence-corrected chi connectivity index (χ4v) is 4.55. The Hall–Kier alpha value is -2.58. The van der Waals surface area contributed by atoms with Crippen molar-refractivity contribution >= 4 is 21.6 Å². The number of sulfonamides is 1. The van der Waals surface area contributed by atoms with Crippen molar-refractivity contribution in [1.82, 2.24) is 4.31 Å². The van der Waals surface area contributed by atoms with Gasteiger partial charge in [0.2, 0.25) is 15.9 Å². The third-order valence-corrected chi connectivity index (χ3v) is 6.41. The van der Waals surface area contributed by atoms with E-state index in [1.807, 2.05) is 32.0 Å². The Labute approximate surface area is 171 Å². The average molecular weight is 419 g/mol. The molecule has 1 aliphatic heterocycles. The van der Waals surface area contributed by atoms with Crippen molar-refractivity contribution in [3.63, 3.8) is 0 Å². The number of nitrogens with zero attached hydrogens (tertiary/aromatic N) is 1. The molecule has 0 radical (unpaired) electrons. The normalized spacial score (nSPS) is 13.8. The number of carbonyl (C=O) groups excluding carboxylic acids is 1. The summed E-state index contributed by atoms with van der Waals surface area (Å²) in [4.78, 5) is 12.6. The molecule has 0 fully saturated rings. The number of benzene rings is 2. The van der Waals surface area contributed by atoms with Crippen molar-refractivity contribution in [3.8, 4) is 11.5 Å². The number of amides is 1. The summed E-state index contributed by atoms with van der Waals surface area (Å²) >= 11 is 0. The fourth-order valence-electron chi connectivity index (χ4n) is 3.05. The topological polar surface area (TPSA) is 84.9 Å². The highest BCUT2D eigenvalue weighted by Gasteiger charge is 2.27. The van der Waals surface area contributed by atoms with Crippen LogP contribution in [-0.4, -0.2) is 44.9 Å². The van der Waals surface area contributed by atoms with E-state index >= 15 is 0 Å². The molecule has 1 N–H and O–H groups in total. The number of hydrogen-bond acceptors (Lipinski definition) is 5. The Morgan fingerprint density at radius 3 is 2.55 bits per heavy atom. The zero-order valence-corrected chi connectivity index (χ0v) is 17.5. The molecule has 8 heteroatoms. The van der Waals surface area contributed by atoms with Crippen molar-refractivity contribution in [1.29, 1.82) is 0 Å². The lowest BCUT2D eigenvalue weighted by Gasteiger charge is -2.22. The maximum absolute atomic E-state index is 13.2. The molecule has 0 saturated heterocycles. The minimum absolute atomic E-state index is 0.0823. The number of anilines is 1. The summed E-state index contributed by atoms with van der Waals surface area (Å²) in [6.07, 6.45) is 1.32. The monoisotopic (exact) mass is 418 g/mol. The van der Waals surface area contributed by atoms with Crippen LogP contribution in [-0.2, 0) is 14.8 Å². The van der Waals surface area contributed by atoms with E-state index in [2.05, 4.69) is 5.32 Å². The largest absolute Gasteiger partial charge is 0.490 e. The summed E-state index contributed by atoms with van der Waals surface area (Å²) in [6, 6.07) is 11.9. The Balaban J connectivity index is 1.81. The van der Waals surface area contributed by atoms with Gasteiger partial charge >= 0.3 is 0 Å². The lowest BCUT2D eigenvalue weighted by molar-refractivity contribution is -0.116. The number of ether oxygens (including phenoxy) is 2. The van der Waals surface area contributed by atoms with Gasteiger partial charge in [-0.3, -0.25) is 4.79 Å². The van der Waals surface area contributed by atoms with E-state index < -0.39 is 10.0 Å². The van der Waals surface area contributed by atoms with E-state index in [-0.39, 0.29) is 23.9 Å². The Bertz CT molecular complexity index is 975. The van der Waals surface area contributed by atoms with Crippen LogP contribution in [0.4, 0.5) is 5.69 Å². The molecule has 2 aromatic carbocycles. The molecular formula is C21H26N2O5S. The van der Waals surface area contributed by atoms with Crippen LogP contribution in [0, 0.1) is 6.92 Å². The summed E-state index contributed by atoms with van der Waals surface area (Å²) < 4.78 is 38.8. The maximum atomic E-state index is 13.2. The number of hydrogen-bond donors (Lipinski definition) is 1. The van der Waals surface area contributed by atoms with E-state index in [0.717, 1.165) is 12.0 Å². The fraction of sp³-hybridized carbons (Fsp3) is 0.381. The second-order valence-electron chi connectivity index (χ2n) is 6.86. The zero-order valence-electron chi connectivity index (χ0n) is 16.7. The molecule has 0 unspecified atom stereocenters. The molecule has 2 aromatic rings. The number of carbonyl (C=O) groups is 1. The first-order chi connectivity index (χ1) is 13.9. The van der Waals surface area contributed by atoms with Gasteiger partial charge in [-0.05, 0) is 37.1 Å². The Morgan fingerprint density at radius 1 is 1.10 bits per heavy atom. The molecule has 0 saturated carbocycles. The van der Waals surface area contributed by atoms with Crippen molar-refractivity contribution in [3.05, 3.63) is 48.0 Å². The standard InChI is InChI=1S/C21H26N2O5S/c1-3-11-23(15-21(24)22-18-8-5-4-7-16(18)2)29(25,26)17-9-10-19-20(14-17)28-13-6-12-27-19/h4-5,7-10,14H,3,6,11-13,15H2,1-2H3,(H,22,24). The van der Waals surface area contributed by atoms with Gasteiger partial charge in [0, 0.05) is 24.7 Å². The van der Waals surface area contributed by atoms with Crippen LogP contribution >= 0.6 is 0 Å². The second-order valence-corrected chi connectivity index (χ2v) is 8.80. The van der Waals surface area contributed by atoms with Gasteiger partial charge in [-0.15, -0.1) is 0 Å². The van der Waals surface area contributed by atoms with E-state index in [9.17, 15) is 13.2 Å². The second kappa shape index (κ2) is 9.28. The smallest absolute Gasteiger partial charge is 0.243 e. The number of para-hydroxylation sites is 1. The summed E-state index contributed by atoms with van der Waals surface area (Å²) in [5.74, 6) is 0.552. The minimum Gasteiger partial charge on any atom is -0.490 e. The molecule has 7 nitrogen and oxygen atoms in total.